The lowest BCUT2D eigenvalue weighted by Gasteiger charge is -2.29. The fraction of sp³-hybridized carbons (Fsp3) is 0.769. The molecule has 0 bridgehead atoms. The molecule has 104 valence electrons. The van der Waals surface area contributed by atoms with Gasteiger partial charge in [0.25, 0.3) is 0 Å². The van der Waals surface area contributed by atoms with E-state index in [0.717, 1.165) is 30.2 Å². The fourth-order valence-corrected chi connectivity index (χ4v) is 2.24. The smallest absolute Gasteiger partial charge is 0.216 e. The van der Waals surface area contributed by atoms with Crippen molar-refractivity contribution in [1.29, 1.82) is 0 Å². The van der Waals surface area contributed by atoms with E-state index in [-0.39, 0.29) is 5.41 Å². The topological polar surface area (TPSA) is 56.3 Å². The van der Waals surface area contributed by atoms with Gasteiger partial charge in [-0.3, -0.25) is 0 Å². The molecule has 1 heterocycles. The molecule has 0 saturated heterocycles. The standard InChI is InChI=1S/C13H26N4O/c1-10-11(12(18-6)17(5)15-10)7-16(4)9-13(2,3)8-14/h7-9,14H2,1-6H3. The van der Waals surface area contributed by atoms with E-state index >= 15 is 0 Å². The van der Waals surface area contributed by atoms with Crippen molar-refractivity contribution in [3.8, 4) is 5.88 Å². The number of ether oxygens (including phenoxy) is 1. The van der Waals surface area contributed by atoms with Gasteiger partial charge in [0.15, 0.2) is 0 Å². The highest BCUT2D eigenvalue weighted by Crippen LogP contribution is 2.23. The maximum atomic E-state index is 5.77. The van der Waals surface area contributed by atoms with Gasteiger partial charge in [-0.05, 0) is 25.9 Å². The van der Waals surface area contributed by atoms with Gasteiger partial charge in [0.1, 0.15) is 0 Å². The first kappa shape index (κ1) is 15.0. The summed E-state index contributed by atoms with van der Waals surface area (Å²) in [7, 11) is 5.69. The molecule has 1 rings (SSSR count). The molecule has 0 saturated carbocycles. The third kappa shape index (κ3) is 3.46. The number of nitrogens with two attached hydrogens (primary N) is 1. The monoisotopic (exact) mass is 254 g/mol. The molecule has 0 spiro atoms. The Hall–Kier alpha value is -1.07. The largest absolute Gasteiger partial charge is 0.481 e. The summed E-state index contributed by atoms with van der Waals surface area (Å²) in [5.41, 5.74) is 8.06. The first-order valence-corrected chi connectivity index (χ1v) is 6.26. The second-order valence-electron chi connectivity index (χ2n) is 5.74. The van der Waals surface area contributed by atoms with Crippen molar-refractivity contribution in [1.82, 2.24) is 14.7 Å². The van der Waals surface area contributed by atoms with E-state index in [1.807, 2.05) is 14.0 Å². The van der Waals surface area contributed by atoms with Crippen molar-refractivity contribution < 1.29 is 4.74 Å². The Kier molecular flexibility index (Phi) is 4.76. The lowest BCUT2D eigenvalue weighted by atomic mass is 9.93. The van der Waals surface area contributed by atoms with Gasteiger partial charge >= 0.3 is 0 Å². The summed E-state index contributed by atoms with van der Waals surface area (Å²) < 4.78 is 7.19. The molecule has 5 heteroatoms. The van der Waals surface area contributed by atoms with Gasteiger partial charge < -0.3 is 15.4 Å². The van der Waals surface area contributed by atoms with Gasteiger partial charge in [0.2, 0.25) is 5.88 Å². The van der Waals surface area contributed by atoms with E-state index in [2.05, 4.69) is 30.9 Å². The van der Waals surface area contributed by atoms with E-state index in [1.165, 1.54) is 0 Å². The highest BCUT2D eigenvalue weighted by molar-refractivity contribution is 5.30. The zero-order chi connectivity index (χ0) is 13.9. The normalized spacial score (nSPS) is 12.2. The van der Waals surface area contributed by atoms with Gasteiger partial charge in [-0.25, -0.2) is 4.68 Å². The van der Waals surface area contributed by atoms with Crippen LogP contribution >= 0.6 is 0 Å². The number of hydrogen-bond acceptors (Lipinski definition) is 4. The van der Waals surface area contributed by atoms with Crippen LogP contribution in [0, 0.1) is 12.3 Å². The lowest BCUT2D eigenvalue weighted by molar-refractivity contribution is 0.207. The van der Waals surface area contributed by atoms with Crippen LogP contribution in [0.2, 0.25) is 0 Å². The van der Waals surface area contributed by atoms with Crippen molar-refractivity contribution in [3.05, 3.63) is 11.3 Å². The third-order valence-electron chi connectivity index (χ3n) is 3.16. The van der Waals surface area contributed by atoms with Gasteiger partial charge in [-0.2, -0.15) is 5.10 Å². The van der Waals surface area contributed by atoms with E-state index in [0.29, 0.717) is 6.54 Å². The van der Waals surface area contributed by atoms with Crippen molar-refractivity contribution in [3.63, 3.8) is 0 Å². The molecule has 0 amide bonds. The molecule has 0 aromatic carbocycles. The van der Waals surface area contributed by atoms with Crippen LogP contribution in [0.3, 0.4) is 0 Å². The number of aryl methyl sites for hydroxylation is 2. The Labute approximate surface area is 110 Å². The second kappa shape index (κ2) is 5.71. The number of hydrogen-bond donors (Lipinski definition) is 1. The maximum Gasteiger partial charge on any atom is 0.216 e. The van der Waals surface area contributed by atoms with Crippen LogP contribution in [-0.2, 0) is 13.6 Å². The van der Waals surface area contributed by atoms with Crippen LogP contribution in [0.15, 0.2) is 0 Å². The highest BCUT2D eigenvalue weighted by Gasteiger charge is 2.21. The number of rotatable bonds is 6. The van der Waals surface area contributed by atoms with Crippen LogP contribution in [0.1, 0.15) is 25.1 Å². The molecular weight excluding hydrogens is 228 g/mol. The minimum atomic E-state index is 0.123. The first-order valence-electron chi connectivity index (χ1n) is 6.26. The van der Waals surface area contributed by atoms with Crippen LogP contribution in [0.4, 0.5) is 0 Å². The Balaban J connectivity index is 2.79. The molecule has 0 aliphatic carbocycles. The molecule has 1 aromatic rings. The summed E-state index contributed by atoms with van der Waals surface area (Å²) >= 11 is 0. The van der Waals surface area contributed by atoms with Gasteiger partial charge in [0, 0.05) is 20.1 Å². The Bertz CT molecular complexity index is 398. The molecule has 1 aromatic heterocycles. The molecule has 0 aliphatic heterocycles. The van der Waals surface area contributed by atoms with Crippen molar-refractivity contribution in [2.45, 2.75) is 27.3 Å². The molecule has 0 radical (unpaired) electrons. The van der Waals surface area contributed by atoms with E-state index in [4.69, 9.17) is 10.5 Å². The minimum absolute atomic E-state index is 0.123. The van der Waals surface area contributed by atoms with Crippen LogP contribution in [0.25, 0.3) is 0 Å². The fourth-order valence-electron chi connectivity index (χ4n) is 2.24. The third-order valence-corrected chi connectivity index (χ3v) is 3.16. The number of nitrogens with zero attached hydrogens (tertiary/aromatic N) is 3. The zero-order valence-electron chi connectivity index (χ0n) is 12.4. The van der Waals surface area contributed by atoms with Gasteiger partial charge in [0.05, 0.1) is 18.4 Å². The predicted octanol–water partition coefficient (Wildman–Crippen LogP) is 1.15. The van der Waals surface area contributed by atoms with Crippen LogP contribution in [0.5, 0.6) is 5.88 Å². The van der Waals surface area contributed by atoms with E-state index in [1.54, 1.807) is 11.8 Å². The van der Waals surface area contributed by atoms with Crippen LogP contribution in [-0.4, -0.2) is 41.9 Å². The Morgan fingerprint density at radius 1 is 1.44 bits per heavy atom. The van der Waals surface area contributed by atoms with Crippen molar-refractivity contribution in [2.75, 3.05) is 27.2 Å². The predicted molar refractivity (Wildman–Crippen MR) is 73.7 cm³/mol. The average Bonchev–Trinajstić information content (AvgIpc) is 2.52. The highest BCUT2D eigenvalue weighted by atomic mass is 16.5. The molecule has 0 atom stereocenters. The summed E-state index contributed by atoms with van der Waals surface area (Å²) in [6.07, 6.45) is 0. The molecule has 5 nitrogen and oxygen atoms in total. The summed E-state index contributed by atoms with van der Waals surface area (Å²) in [4.78, 5) is 2.26. The molecule has 0 aliphatic rings. The van der Waals surface area contributed by atoms with Crippen molar-refractivity contribution >= 4 is 0 Å². The zero-order valence-corrected chi connectivity index (χ0v) is 12.4. The quantitative estimate of drug-likeness (QED) is 0.827. The number of aromatic nitrogens is 2. The second-order valence-corrected chi connectivity index (χ2v) is 5.74. The molecule has 0 unspecified atom stereocenters. The summed E-state index contributed by atoms with van der Waals surface area (Å²) in [5.74, 6) is 0.838. The Morgan fingerprint density at radius 3 is 2.56 bits per heavy atom. The average molecular weight is 254 g/mol. The summed E-state index contributed by atoms with van der Waals surface area (Å²) in [6, 6.07) is 0. The van der Waals surface area contributed by atoms with E-state index in [9.17, 15) is 0 Å². The van der Waals surface area contributed by atoms with E-state index < -0.39 is 0 Å². The number of methoxy groups -OCH3 is 1. The van der Waals surface area contributed by atoms with Gasteiger partial charge in [-0.15, -0.1) is 0 Å². The van der Waals surface area contributed by atoms with Gasteiger partial charge in [-0.1, -0.05) is 13.8 Å². The maximum absolute atomic E-state index is 5.77. The summed E-state index contributed by atoms with van der Waals surface area (Å²) in [5, 5.41) is 4.39. The van der Waals surface area contributed by atoms with Crippen molar-refractivity contribution in [2.24, 2.45) is 18.2 Å². The Morgan fingerprint density at radius 2 is 2.06 bits per heavy atom. The molecular formula is C13H26N4O. The molecule has 18 heavy (non-hydrogen) atoms. The molecule has 0 fully saturated rings. The first-order chi connectivity index (χ1) is 8.30. The van der Waals surface area contributed by atoms with Crippen LogP contribution < -0.4 is 10.5 Å². The lowest BCUT2D eigenvalue weighted by Crippen LogP contribution is -2.36. The SMILES string of the molecule is COc1c(CN(C)CC(C)(C)CN)c(C)nn1C. The molecule has 2 N–H and O–H groups in total. The summed E-state index contributed by atoms with van der Waals surface area (Å²) in [6.45, 7) is 8.82. The minimum Gasteiger partial charge on any atom is -0.481 e.